The fraction of sp³-hybridized carbons (Fsp3) is 0.556. The zero-order valence-corrected chi connectivity index (χ0v) is 16.9. The Hall–Kier alpha value is -1.44. The number of H-pyrrole nitrogens is 1. The van der Waals surface area contributed by atoms with Crippen molar-refractivity contribution in [2.24, 2.45) is 0 Å². The van der Waals surface area contributed by atoms with Crippen molar-refractivity contribution >= 4 is 21.6 Å². The van der Waals surface area contributed by atoms with Gasteiger partial charge < -0.3 is 0 Å². The van der Waals surface area contributed by atoms with Crippen LogP contribution in [0.2, 0.25) is 5.02 Å². The van der Waals surface area contributed by atoms with Gasteiger partial charge in [-0.15, -0.1) is 0 Å². The zero-order valence-electron chi connectivity index (χ0n) is 15.3. The van der Waals surface area contributed by atoms with Gasteiger partial charge in [0.1, 0.15) is 5.82 Å². The molecule has 1 aliphatic rings. The Morgan fingerprint density at radius 1 is 1.19 bits per heavy atom. The summed E-state index contributed by atoms with van der Waals surface area (Å²) >= 11 is 6.03. The second kappa shape index (κ2) is 7.29. The van der Waals surface area contributed by atoms with E-state index in [1.807, 2.05) is 24.3 Å². The fourth-order valence-electron chi connectivity index (χ4n) is 3.09. The lowest BCUT2D eigenvalue weighted by Gasteiger charge is -2.30. The van der Waals surface area contributed by atoms with Gasteiger partial charge in [-0.25, -0.2) is 18.1 Å². The third-order valence-electron chi connectivity index (χ3n) is 4.83. The van der Waals surface area contributed by atoms with Crippen molar-refractivity contribution < 1.29 is 8.42 Å². The number of nitrogens with zero attached hydrogens (tertiary/aromatic N) is 2. The number of rotatable bonds is 4. The molecule has 1 fully saturated rings. The molecule has 0 aliphatic heterocycles. The quantitative estimate of drug-likeness (QED) is 0.821. The minimum absolute atomic E-state index is 0.00852. The van der Waals surface area contributed by atoms with E-state index in [1.54, 1.807) is 20.8 Å². The fourth-order valence-corrected chi connectivity index (χ4v) is 4.31. The third-order valence-corrected chi connectivity index (χ3v) is 7.32. The molecule has 0 atom stereocenters. The lowest BCUT2D eigenvalue weighted by Crippen LogP contribution is -2.45. The summed E-state index contributed by atoms with van der Waals surface area (Å²) in [6.07, 6.45) is 3.35. The monoisotopic (exact) mass is 396 g/mol. The van der Waals surface area contributed by atoms with E-state index in [2.05, 4.69) is 19.9 Å². The minimum Gasteiger partial charge on any atom is -0.262 e. The van der Waals surface area contributed by atoms with Gasteiger partial charge in [0.25, 0.3) is 0 Å². The number of hydrogen-bond donors (Lipinski definition) is 2. The molecule has 2 N–H and O–H groups in total. The summed E-state index contributed by atoms with van der Waals surface area (Å²) < 4.78 is 26.7. The van der Waals surface area contributed by atoms with Crippen LogP contribution >= 0.6 is 11.6 Å². The number of aromatic nitrogens is 3. The second-order valence-electron chi connectivity index (χ2n) is 7.84. The number of aromatic amines is 1. The molecule has 2 aromatic rings. The van der Waals surface area contributed by atoms with Crippen molar-refractivity contribution in [1.29, 1.82) is 0 Å². The Balaban J connectivity index is 1.62. The van der Waals surface area contributed by atoms with Gasteiger partial charge in [0.05, 0.1) is 4.75 Å². The first-order valence-electron chi connectivity index (χ1n) is 8.86. The highest BCUT2D eigenvalue weighted by Gasteiger charge is 2.33. The molecule has 0 bridgehead atoms. The number of nitrogens with one attached hydrogen (secondary N) is 2. The summed E-state index contributed by atoms with van der Waals surface area (Å²) in [5, 5.41) is 8.00. The van der Waals surface area contributed by atoms with Crippen LogP contribution in [0.3, 0.4) is 0 Å². The molecule has 142 valence electrons. The van der Waals surface area contributed by atoms with E-state index >= 15 is 0 Å². The van der Waals surface area contributed by atoms with Gasteiger partial charge in [-0.3, -0.25) is 5.10 Å². The third kappa shape index (κ3) is 4.27. The lowest BCUT2D eigenvalue weighted by molar-refractivity contribution is 0.363. The van der Waals surface area contributed by atoms with Crippen molar-refractivity contribution in [3.63, 3.8) is 0 Å². The van der Waals surface area contributed by atoms with Crippen molar-refractivity contribution in [2.75, 3.05) is 0 Å². The molecular formula is C18H25ClN4O2S. The van der Waals surface area contributed by atoms with Crippen LogP contribution in [0.5, 0.6) is 0 Å². The first kappa shape index (κ1) is 19.3. The molecular weight excluding hydrogens is 372 g/mol. The van der Waals surface area contributed by atoms with E-state index in [4.69, 9.17) is 11.6 Å². The van der Waals surface area contributed by atoms with Crippen LogP contribution in [0.4, 0.5) is 0 Å². The number of hydrogen-bond acceptors (Lipinski definition) is 4. The molecule has 1 aromatic heterocycles. The maximum absolute atomic E-state index is 12.3. The van der Waals surface area contributed by atoms with E-state index in [9.17, 15) is 8.42 Å². The summed E-state index contributed by atoms with van der Waals surface area (Å²) in [4.78, 5) is 4.62. The summed E-state index contributed by atoms with van der Waals surface area (Å²) in [5.74, 6) is 1.76. The van der Waals surface area contributed by atoms with Gasteiger partial charge in [-0.05, 0) is 58.6 Å². The molecule has 0 unspecified atom stereocenters. The number of sulfonamides is 1. The molecule has 1 aliphatic carbocycles. The first-order chi connectivity index (χ1) is 12.2. The van der Waals surface area contributed by atoms with Gasteiger partial charge in [0, 0.05) is 22.5 Å². The highest BCUT2D eigenvalue weighted by atomic mass is 35.5. The summed E-state index contributed by atoms with van der Waals surface area (Å²) in [6.45, 7) is 5.15. The Labute approximate surface area is 159 Å². The van der Waals surface area contributed by atoms with Crippen LogP contribution in [0.25, 0.3) is 11.4 Å². The van der Waals surface area contributed by atoms with Gasteiger partial charge >= 0.3 is 0 Å². The molecule has 8 heteroatoms. The van der Waals surface area contributed by atoms with Crippen LogP contribution in [-0.4, -0.2) is 34.4 Å². The molecule has 26 heavy (non-hydrogen) atoms. The number of benzene rings is 1. The molecule has 0 saturated heterocycles. The summed E-state index contributed by atoms with van der Waals surface area (Å²) in [5.41, 5.74) is 0.881. The second-order valence-corrected chi connectivity index (χ2v) is 10.7. The van der Waals surface area contributed by atoms with E-state index in [-0.39, 0.29) is 12.0 Å². The maximum Gasteiger partial charge on any atom is 0.216 e. The highest BCUT2D eigenvalue weighted by Crippen LogP contribution is 2.33. The van der Waals surface area contributed by atoms with E-state index in [1.165, 1.54) is 0 Å². The molecule has 0 amide bonds. The standard InChI is InChI=1S/C18H25ClN4O2S/c1-18(2,3)26(24,25)23-15-9-7-12(8-10-15)16-20-17(22-21-16)13-5-4-6-14(19)11-13/h4-6,11-12,15,23H,7-10H2,1-3H3,(H,20,21,22)/t12-,15-. The number of halogens is 1. The van der Waals surface area contributed by atoms with Gasteiger partial charge in [-0.2, -0.15) is 5.10 Å². The molecule has 3 rings (SSSR count). The van der Waals surface area contributed by atoms with E-state index < -0.39 is 14.8 Å². The largest absolute Gasteiger partial charge is 0.262 e. The molecule has 1 aromatic carbocycles. The van der Waals surface area contributed by atoms with Crippen molar-refractivity contribution in [3.8, 4) is 11.4 Å². The lowest BCUT2D eigenvalue weighted by atomic mass is 9.86. The van der Waals surface area contributed by atoms with Crippen molar-refractivity contribution in [1.82, 2.24) is 19.9 Å². The Morgan fingerprint density at radius 3 is 2.50 bits per heavy atom. The highest BCUT2D eigenvalue weighted by molar-refractivity contribution is 7.90. The average molecular weight is 397 g/mol. The Kier molecular flexibility index (Phi) is 5.42. The predicted molar refractivity (Wildman–Crippen MR) is 104 cm³/mol. The van der Waals surface area contributed by atoms with Crippen LogP contribution in [0.15, 0.2) is 24.3 Å². The molecule has 1 saturated carbocycles. The smallest absolute Gasteiger partial charge is 0.216 e. The van der Waals surface area contributed by atoms with E-state index in [0.29, 0.717) is 10.8 Å². The van der Waals surface area contributed by atoms with Crippen LogP contribution in [0.1, 0.15) is 58.2 Å². The predicted octanol–water partition coefficient (Wildman–Crippen LogP) is 3.87. The Morgan fingerprint density at radius 2 is 1.88 bits per heavy atom. The van der Waals surface area contributed by atoms with E-state index in [0.717, 1.165) is 37.1 Å². The SMILES string of the molecule is CC(C)(C)S(=O)(=O)N[C@H]1CC[C@H](c2nc(-c3cccc(Cl)c3)n[nH]2)CC1. The van der Waals surface area contributed by atoms with Gasteiger partial charge in [0.2, 0.25) is 10.0 Å². The summed E-state index contributed by atoms with van der Waals surface area (Å²) in [7, 11) is -3.31. The molecule has 1 heterocycles. The van der Waals surface area contributed by atoms with Crippen molar-refractivity contribution in [2.45, 2.75) is 63.2 Å². The van der Waals surface area contributed by atoms with Gasteiger partial charge in [0.15, 0.2) is 5.82 Å². The van der Waals surface area contributed by atoms with Crippen molar-refractivity contribution in [3.05, 3.63) is 35.1 Å². The minimum atomic E-state index is -3.31. The molecule has 0 radical (unpaired) electrons. The topological polar surface area (TPSA) is 87.7 Å². The van der Waals surface area contributed by atoms with Crippen LogP contribution in [0, 0.1) is 0 Å². The Bertz CT molecular complexity index is 865. The average Bonchev–Trinajstić information content (AvgIpc) is 3.04. The summed E-state index contributed by atoms with van der Waals surface area (Å²) in [6, 6.07) is 7.45. The van der Waals surface area contributed by atoms with Crippen LogP contribution in [-0.2, 0) is 10.0 Å². The normalized spacial score (nSPS) is 21.7. The zero-order chi connectivity index (χ0) is 18.9. The van der Waals surface area contributed by atoms with Crippen LogP contribution < -0.4 is 4.72 Å². The first-order valence-corrected chi connectivity index (χ1v) is 10.7. The molecule has 6 nitrogen and oxygen atoms in total. The van der Waals surface area contributed by atoms with Gasteiger partial charge in [-0.1, -0.05) is 23.7 Å². The maximum atomic E-state index is 12.3. The molecule has 0 spiro atoms.